The SMILES string of the molecule is CCc1cnc(N2CCC(N3CCc4sccc4C3)CC2)nc1. The summed E-state index contributed by atoms with van der Waals surface area (Å²) in [7, 11) is 0. The van der Waals surface area contributed by atoms with E-state index in [0.29, 0.717) is 6.04 Å². The van der Waals surface area contributed by atoms with E-state index in [0.717, 1.165) is 32.0 Å². The molecule has 23 heavy (non-hydrogen) atoms. The van der Waals surface area contributed by atoms with E-state index < -0.39 is 0 Å². The van der Waals surface area contributed by atoms with Gasteiger partial charge in [0.1, 0.15) is 0 Å². The average molecular weight is 328 g/mol. The molecule has 2 aromatic heterocycles. The summed E-state index contributed by atoms with van der Waals surface area (Å²) in [5.41, 5.74) is 2.77. The van der Waals surface area contributed by atoms with Gasteiger partial charge in [-0.1, -0.05) is 6.92 Å². The van der Waals surface area contributed by atoms with Crippen molar-refractivity contribution in [2.75, 3.05) is 24.5 Å². The van der Waals surface area contributed by atoms with Crippen LogP contribution in [-0.2, 0) is 19.4 Å². The molecular weight excluding hydrogens is 304 g/mol. The molecule has 0 aliphatic carbocycles. The monoisotopic (exact) mass is 328 g/mol. The van der Waals surface area contributed by atoms with Crippen molar-refractivity contribution in [2.45, 2.75) is 45.2 Å². The first-order chi connectivity index (χ1) is 11.3. The van der Waals surface area contributed by atoms with Gasteiger partial charge in [-0.25, -0.2) is 9.97 Å². The Bertz CT molecular complexity index is 643. The van der Waals surface area contributed by atoms with Crippen LogP contribution in [0, 0.1) is 0 Å². The summed E-state index contributed by atoms with van der Waals surface area (Å²) in [4.78, 5) is 15.7. The topological polar surface area (TPSA) is 32.3 Å². The van der Waals surface area contributed by atoms with Gasteiger partial charge in [0, 0.05) is 49.5 Å². The number of hydrogen-bond acceptors (Lipinski definition) is 5. The summed E-state index contributed by atoms with van der Waals surface area (Å²) < 4.78 is 0. The van der Waals surface area contributed by atoms with Crippen molar-refractivity contribution in [1.82, 2.24) is 14.9 Å². The lowest BCUT2D eigenvalue weighted by atomic mass is 10.00. The van der Waals surface area contributed by atoms with Gasteiger partial charge in [-0.05, 0) is 48.3 Å². The van der Waals surface area contributed by atoms with Crippen molar-refractivity contribution >= 4 is 17.3 Å². The molecule has 2 aromatic rings. The number of anilines is 1. The molecule has 0 radical (unpaired) electrons. The molecule has 4 rings (SSSR count). The molecule has 0 atom stereocenters. The van der Waals surface area contributed by atoms with Crippen molar-refractivity contribution in [2.24, 2.45) is 0 Å². The Morgan fingerprint density at radius 1 is 1.17 bits per heavy atom. The number of piperidine rings is 1. The highest BCUT2D eigenvalue weighted by molar-refractivity contribution is 7.10. The molecular formula is C18H24N4S. The maximum absolute atomic E-state index is 4.54. The Morgan fingerprint density at radius 3 is 2.70 bits per heavy atom. The first kappa shape index (κ1) is 15.1. The lowest BCUT2D eigenvalue weighted by Gasteiger charge is -2.40. The minimum absolute atomic E-state index is 0.717. The predicted octanol–water partition coefficient (Wildman–Crippen LogP) is 3.13. The molecule has 0 N–H and O–H groups in total. The van der Waals surface area contributed by atoms with Gasteiger partial charge in [0.15, 0.2) is 0 Å². The summed E-state index contributed by atoms with van der Waals surface area (Å²) in [5, 5.41) is 2.24. The quantitative estimate of drug-likeness (QED) is 0.866. The van der Waals surface area contributed by atoms with Crippen LogP contribution < -0.4 is 4.90 Å². The van der Waals surface area contributed by atoms with Gasteiger partial charge in [-0.3, -0.25) is 4.90 Å². The standard InChI is InChI=1S/C18H24N4S/c1-2-14-11-19-18(20-12-14)21-7-3-16(4-8-21)22-9-5-17-15(13-22)6-10-23-17/h6,10-12,16H,2-5,7-9,13H2,1H3. The summed E-state index contributed by atoms with van der Waals surface area (Å²) in [6.45, 7) is 6.65. The van der Waals surface area contributed by atoms with Gasteiger partial charge in [0.2, 0.25) is 5.95 Å². The Morgan fingerprint density at radius 2 is 1.96 bits per heavy atom. The van der Waals surface area contributed by atoms with E-state index in [2.05, 4.69) is 38.1 Å². The molecule has 5 heteroatoms. The van der Waals surface area contributed by atoms with Crippen LogP contribution in [0.1, 0.15) is 35.8 Å². The average Bonchev–Trinajstić information content (AvgIpc) is 3.10. The summed E-state index contributed by atoms with van der Waals surface area (Å²) in [6, 6.07) is 3.03. The molecule has 0 aromatic carbocycles. The first-order valence-corrected chi connectivity index (χ1v) is 9.56. The van der Waals surface area contributed by atoms with Gasteiger partial charge in [0.25, 0.3) is 0 Å². The second-order valence-corrected chi connectivity index (χ2v) is 7.55. The van der Waals surface area contributed by atoms with Crippen LogP contribution in [0.15, 0.2) is 23.8 Å². The first-order valence-electron chi connectivity index (χ1n) is 8.68. The van der Waals surface area contributed by atoms with E-state index in [-0.39, 0.29) is 0 Å². The molecule has 0 spiro atoms. The zero-order valence-electron chi connectivity index (χ0n) is 13.7. The molecule has 0 unspecified atom stereocenters. The Kier molecular flexibility index (Phi) is 4.31. The van der Waals surface area contributed by atoms with E-state index in [4.69, 9.17) is 0 Å². The van der Waals surface area contributed by atoms with Gasteiger partial charge in [-0.2, -0.15) is 0 Å². The Labute approximate surface area is 142 Å². The number of fused-ring (bicyclic) bond motifs is 1. The van der Waals surface area contributed by atoms with Crippen LogP contribution in [0.25, 0.3) is 0 Å². The number of aromatic nitrogens is 2. The van der Waals surface area contributed by atoms with Gasteiger partial charge < -0.3 is 4.90 Å². The largest absolute Gasteiger partial charge is 0.341 e. The smallest absolute Gasteiger partial charge is 0.225 e. The fraction of sp³-hybridized carbons (Fsp3) is 0.556. The highest BCUT2D eigenvalue weighted by atomic mass is 32.1. The van der Waals surface area contributed by atoms with E-state index >= 15 is 0 Å². The van der Waals surface area contributed by atoms with Crippen molar-refractivity contribution in [1.29, 1.82) is 0 Å². The number of nitrogens with zero attached hydrogens (tertiary/aromatic N) is 4. The highest BCUT2D eigenvalue weighted by Gasteiger charge is 2.28. The van der Waals surface area contributed by atoms with Crippen molar-refractivity contribution in [3.63, 3.8) is 0 Å². The minimum Gasteiger partial charge on any atom is -0.341 e. The van der Waals surface area contributed by atoms with Crippen LogP contribution in [0.3, 0.4) is 0 Å². The van der Waals surface area contributed by atoms with Gasteiger partial charge >= 0.3 is 0 Å². The molecule has 0 amide bonds. The maximum Gasteiger partial charge on any atom is 0.225 e. The van der Waals surface area contributed by atoms with Crippen molar-refractivity contribution < 1.29 is 0 Å². The van der Waals surface area contributed by atoms with Crippen molar-refractivity contribution in [3.05, 3.63) is 39.8 Å². The maximum atomic E-state index is 4.54. The second-order valence-electron chi connectivity index (χ2n) is 6.55. The fourth-order valence-electron chi connectivity index (χ4n) is 3.71. The molecule has 2 aliphatic heterocycles. The third kappa shape index (κ3) is 3.12. The number of rotatable bonds is 3. The van der Waals surface area contributed by atoms with Crippen LogP contribution in [0.4, 0.5) is 5.95 Å². The summed E-state index contributed by atoms with van der Waals surface area (Å²) in [6.07, 6.45) is 8.61. The molecule has 0 saturated carbocycles. The highest BCUT2D eigenvalue weighted by Crippen LogP contribution is 2.28. The third-order valence-corrected chi connectivity index (χ3v) is 6.22. The zero-order chi connectivity index (χ0) is 15.6. The van der Waals surface area contributed by atoms with E-state index in [9.17, 15) is 0 Å². The number of aryl methyl sites for hydroxylation is 1. The minimum atomic E-state index is 0.717. The van der Waals surface area contributed by atoms with Crippen LogP contribution >= 0.6 is 11.3 Å². The van der Waals surface area contributed by atoms with E-state index in [1.807, 2.05) is 23.7 Å². The zero-order valence-corrected chi connectivity index (χ0v) is 14.6. The normalized spacial score (nSPS) is 19.8. The third-order valence-electron chi connectivity index (χ3n) is 5.20. The molecule has 1 fully saturated rings. The number of hydrogen-bond donors (Lipinski definition) is 0. The van der Waals surface area contributed by atoms with Crippen LogP contribution in [0.2, 0.25) is 0 Å². The molecule has 2 aliphatic rings. The number of thiophene rings is 1. The molecule has 4 heterocycles. The second kappa shape index (κ2) is 6.57. The van der Waals surface area contributed by atoms with Gasteiger partial charge in [0.05, 0.1) is 0 Å². The predicted molar refractivity (Wildman–Crippen MR) is 95.1 cm³/mol. The molecule has 4 nitrogen and oxygen atoms in total. The van der Waals surface area contributed by atoms with Crippen molar-refractivity contribution in [3.8, 4) is 0 Å². The molecule has 1 saturated heterocycles. The van der Waals surface area contributed by atoms with E-state index in [1.165, 1.54) is 31.4 Å². The summed E-state index contributed by atoms with van der Waals surface area (Å²) >= 11 is 1.92. The van der Waals surface area contributed by atoms with E-state index in [1.54, 1.807) is 10.4 Å². The molecule has 122 valence electrons. The lowest BCUT2D eigenvalue weighted by Crippen LogP contribution is -2.46. The molecule has 0 bridgehead atoms. The fourth-order valence-corrected chi connectivity index (χ4v) is 4.60. The lowest BCUT2D eigenvalue weighted by molar-refractivity contribution is 0.154. The summed E-state index contributed by atoms with van der Waals surface area (Å²) in [5.74, 6) is 0.902. The van der Waals surface area contributed by atoms with Crippen LogP contribution in [0.5, 0.6) is 0 Å². The van der Waals surface area contributed by atoms with Crippen LogP contribution in [-0.4, -0.2) is 40.5 Å². The van der Waals surface area contributed by atoms with Gasteiger partial charge in [-0.15, -0.1) is 11.3 Å². The Hall–Kier alpha value is -1.46. The Balaban J connectivity index is 1.35.